The monoisotopic (exact) mass is 276 g/mol. The van der Waals surface area contributed by atoms with Gasteiger partial charge < -0.3 is 5.11 Å². The van der Waals surface area contributed by atoms with Gasteiger partial charge in [-0.15, -0.1) is 0 Å². The van der Waals surface area contributed by atoms with Gasteiger partial charge in [-0.05, 0) is 44.8 Å². The van der Waals surface area contributed by atoms with Crippen LogP contribution >= 0.6 is 0 Å². The Morgan fingerprint density at radius 1 is 1.20 bits per heavy atom. The van der Waals surface area contributed by atoms with E-state index in [1.807, 2.05) is 0 Å². The van der Waals surface area contributed by atoms with Crippen LogP contribution in [-0.2, 0) is 6.54 Å². The SMILES string of the molecule is CC(CN(CCCO)Cc1ccccc1)N1CCCC1. The van der Waals surface area contributed by atoms with Crippen LogP contribution in [0.1, 0.15) is 31.7 Å². The van der Waals surface area contributed by atoms with E-state index in [9.17, 15) is 0 Å². The standard InChI is InChI=1S/C17H28N2O/c1-16(19-11-5-6-12-19)14-18(10-7-13-20)15-17-8-3-2-4-9-17/h2-4,8-9,16,20H,5-7,10-15H2,1H3. The van der Waals surface area contributed by atoms with Crippen LogP contribution < -0.4 is 0 Å². The van der Waals surface area contributed by atoms with Gasteiger partial charge in [-0.2, -0.15) is 0 Å². The van der Waals surface area contributed by atoms with Crippen LogP contribution in [0.5, 0.6) is 0 Å². The summed E-state index contributed by atoms with van der Waals surface area (Å²) in [4.78, 5) is 5.07. The predicted octanol–water partition coefficient (Wildman–Crippen LogP) is 2.36. The van der Waals surface area contributed by atoms with Gasteiger partial charge in [-0.25, -0.2) is 0 Å². The number of nitrogens with zero attached hydrogens (tertiary/aromatic N) is 2. The number of likely N-dealkylation sites (tertiary alicyclic amines) is 1. The van der Waals surface area contributed by atoms with Gasteiger partial charge in [0.2, 0.25) is 0 Å². The molecular formula is C17H28N2O. The number of aliphatic hydroxyl groups excluding tert-OH is 1. The van der Waals surface area contributed by atoms with Gasteiger partial charge >= 0.3 is 0 Å². The summed E-state index contributed by atoms with van der Waals surface area (Å²) in [5.74, 6) is 0. The van der Waals surface area contributed by atoms with Crippen LogP contribution in [0.25, 0.3) is 0 Å². The van der Waals surface area contributed by atoms with Crippen LogP contribution in [0.4, 0.5) is 0 Å². The lowest BCUT2D eigenvalue weighted by Crippen LogP contribution is -2.41. The van der Waals surface area contributed by atoms with Gasteiger partial charge in [-0.3, -0.25) is 9.80 Å². The maximum atomic E-state index is 9.09. The molecule has 0 aliphatic carbocycles. The van der Waals surface area contributed by atoms with E-state index < -0.39 is 0 Å². The van der Waals surface area contributed by atoms with Crippen LogP contribution in [0.2, 0.25) is 0 Å². The molecule has 1 unspecified atom stereocenters. The molecule has 3 heteroatoms. The summed E-state index contributed by atoms with van der Waals surface area (Å²) in [5.41, 5.74) is 1.36. The molecule has 0 amide bonds. The lowest BCUT2D eigenvalue weighted by Gasteiger charge is -2.30. The number of aliphatic hydroxyl groups is 1. The zero-order valence-electron chi connectivity index (χ0n) is 12.7. The van der Waals surface area contributed by atoms with E-state index in [1.165, 1.54) is 31.5 Å². The molecule has 1 aliphatic rings. The first kappa shape index (κ1) is 15.5. The Hall–Kier alpha value is -0.900. The highest BCUT2D eigenvalue weighted by molar-refractivity contribution is 5.14. The summed E-state index contributed by atoms with van der Waals surface area (Å²) < 4.78 is 0. The third-order valence-corrected chi connectivity index (χ3v) is 4.17. The Kier molecular flexibility index (Phi) is 6.51. The zero-order chi connectivity index (χ0) is 14.2. The normalized spacial score (nSPS) is 17.8. The van der Waals surface area contributed by atoms with Gasteiger partial charge in [0.25, 0.3) is 0 Å². The van der Waals surface area contributed by atoms with Crippen LogP contribution in [0, 0.1) is 0 Å². The second-order valence-corrected chi connectivity index (χ2v) is 5.89. The number of hydrogen-bond donors (Lipinski definition) is 1. The molecule has 0 bridgehead atoms. The van der Waals surface area contributed by atoms with Crippen molar-refractivity contribution in [1.82, 2.24) is 9.80 Å². The molecule has 112 valence electrons. The third kappa shape index (κ3) is 4.89. The van der Waals surface area contributed by atoms with Crippen molar-refractivity contribution < 1.29 is 5.11 Å². The Labute approximate surface area is 123 Å². The maximum absolute atomic E-state index is 9.09. The number of rotatable bonds is 8. The van der Waals surface area contributed by atoms with E-state index >= 15 is 0 Å². The van der Waals surface area contributed by atoms with E-state index in [4.69, 9.17) is 5.11 Å². The zero-order valence-corrected chi connectivity index (χ0v) is 12.7. The summed E-state index contributed by atoms with van der Waals surface area (Å²) in [6.45, 7) is 8.17. The van der Waals surface area contributed by atoms with Gasteiger partial charge in [0.05, 0.1) is 0 Å². The molecule has 2 rings (SSSR count). The minimum atomic E-state index is 0.281. The Morgan fingerprint density at radius 2 is 1.90 bits per heavy atom. The van der Waals surface area contributed by atoms with Crippen molar-refractivity contribution >= 4 is 0 Å². The quantitative estimate of drug-likeness (QED) is 0.789. The molecule has 1 aromatic rings. The van der Waals surface area contributed by atoms with Crippen molar-refractivity contribution in [3.05, 3.63) is 35.9 Å². The van der Waals surface area contributed by atoms with Gasteiger partial charge in [-0.1, -0.05) is 30.3 Å². The minimum absolute atomic E-state index is 0.281. The average molecular weight is 276 g/mol. The first-order valence-corrected chi connectivity index (χ1v) is 7.91. The molecule has 1 saturated heterocycles. The molecule has 1 atom stereocenters. The molecule has 20 heavy (non-hydrogen) atoms. The summed E-state index contributed by atoms with van der Waals surface area (Å²) in [6.07, 6.45) is 3.55. The fraction of sp³-hybridized carbons (Fsp3) is 0.647. The van der Waals surface area contributed by atoms with E-state index in [0.29, 0.717) is 6.04 Å². The highest BCUT2D eigenvalue weighted by Crippen LogP contribution is 2.14. The number of hydrogen-bond acceptors (Lipinski definition) is 3. The van der Waals surface area contributed by atoms with Crippen LogP contribution in [-0.4, -0.2) is 53.7 Å². The first-order valence-electron chi connectivity index (χ1n) is 7.91. The van der Waals surface area contributed by atoms with Crippen molar-refractivity contribution in [3.8, 4) is 0 Å². The second kappa shape index (κ2) is 8.40. The fourth-order valence-electron chi connectivity index (χ4n) is 3.04. The van der Waals surface area contributed by atoms with Crippen molar-refractivity contribution in [2.75, 3.05) is 32.8 Å². The van der Waals surface area contributed by atoms with E-state index in [0.717, 1.165) is 26.1 Å². The molecule has 0 saturated carbocycles. The third-order valence-electron chi connectivity index (χ3n) is 4.17. The van der Waals surface area contributed by atoms with Crippen molar-refractivity contribution in [3.63, 3.8) is 0 Å². The lowest BCUT2D eigenvalue weighted by molar-refractivity contribution is 0.155. The summed E-state index contributed by atoms with van der Waals surface area (Å²) >= 11 is 0. The summed E-state index contributed by atoms with van der Waals surface area (Å²) in [7, 11) is 0. The molecular weight excluding hydrogens is 248 g/mol. The van der Waals surface area contributed by atoms with Gasteiger partial charge in [0.1, 0.15) is 0 Å². The Bertz CT molecular complexity index is 363. The summed E-state index contributed by atoms with van der Waals surface area (Å²) in [5, 5.41) is 9.09. The van der Waals surface area contributed by atoms with E-state index in [1.54, 1.807) is 0 Å². The molecule has 0 spiro atoms. The minimum Gasteiger partial charge on any atom is -0.396 e. The molecule has 1 fully saturated rings. The van der Waals surface area contributed by atoms with Crippen LogP contribution in [0.3, 0.4) is 0 Å². The fourth-order valence-corrected chi connectivity index (χ4v) is 3.04. The molecule has 3 nitrogen and oxygen atoms in total. The molecule has 1 N–H and O–H groups in total. The largest absolute Gasteiger partial charge is 0.396 e. The second-order valence-electron chi connectivity index (χ2n) is 5.89. The van der Waals surface area contributed by atoms with Crippen LogP contribution in [0.15, 0.2) is 30.3 Å². The molecule has 1 aromatic carbocycles. The van der Waals surface area contributed by atoms with Gasteiger partial charge in [0.15, 0.2) is 0 Å². The topological polar surface area (TPSA) is 26.7 Å². The number of benzene rings is 1. The molecule has 0 radical (unpaired) electrons. The molecule has 0 aromatic heterocycles. The van der Waals surface area contributed by atoms with Crippen molar-refractivity contribution in [2.45, 2.75) is 38.8 Å². The van der Waals surface area contributed by atoms with E-state index in [2.05, 4.69) is 47.1 Å². The van der Waals surface area contributed by atoms with Crippen molar-refractivity contribution in [2.24, 2.45) is 0 Å². The van der Waals surface area contributed by atoms with Crippen molar-refractivity contribution in [1.29, 1.82) is 0 Å². The predicted molar refractivity (Wildman–Crippen MR) is 83.7 cm³/mol. The smallest absolute Gasteiger partial charge is 0.0443 e. The molecule has 1 heterocycles. The highest BCUT2D eigenvalue weighted by atomic mass is 16.3. The molecule has 1 aliphatic heterocycles. The Morgan fingerprint density at radius 3 is 2.55 bits per heavy atom. The van der Waals surface area contributed by atoms with E-state index in [-0.39, 0.29) is 6.61 Å². The highest BCUT2D eigenvalue weighted by Gasteiger charge is 2.20. The van der Waals surface area contributed by atoms with Gasteiger partial charge in [0, 0.05) is 32.3 Å². The average Bonchev–Trinajstić information content (AvgIpc) is 3.00. The Balaban J connectivity index is 1.88. The lowest BCUT2D eigenvalue weighted by atomic mass is 10.2. The maximum Gasteiger partial charge on any atom is 0.0443 e. The first-order chi connectivity index (χ1) is 9.79. The summed E-state index contributed by atoms with van der Waals surface area (Å²) in [6, 6.07) is 11.3.